The van der Waals surface area contributed by atoms with Gasteiger partial charge in [-0.25, -0.2) is 0 Å². The van der Waals surface area contributed by atoms with E-state index < -0.39 is 0 Å². The van der Waals surface area contributed by atoms with E-state index in [1.165, 1.54) is 0 Å². The molecule has 1 saturated heterocycles. The van der Waals surface area contributed by atoms with Crippen molar-refractivity contribution in [2.45, 2.75) is 26.3 Å². The molecule has 1 aliphatic heterocycles. The van der Waals surface area contributed by atoms with E-state index in [-0.39, 0.29) is 5.91 Å². The lowest BCUT2D eigenvalue weighted by atomic mass is 10.1. The molecule has 1 amide bonds. The van der Waals surface area contributed by atoms with E-state index in [1.54, 1.807) is 6.20 Å². The van der Waals surface area contributed by atoms with Gasteiger partial charge in [-0.1, -0.05) is 6.92 Å². The summed E-state index contributed by atoms with van der Waals surface area (Å²) in [6.45, 7) is 6.60. The molecular weight excluding hydrogens is 252 g/mol. The second-order valence-electron chi connectivity index (χ2n) is 5.42. The topological polar surface area (TPSA) is 48.5 Å². The van der Waals surface area contributed by atoms with Crippen LogP contribution in [0.25, 0.3) is 0 Å². The number of pyridine rings is 1. The van der Waals surface area contributed by atoms with Crippen LogP contribution in [0, 0.1) is 6.92 Å². The number of aromatic nitrogens is 1. The quantitative estimate of drug-likeness (QED) is 0.911. The van der Waals surface area contributed by atoms with E-state index in [2.05, 4.69) is 29.2 Å². The molecule has 110 valence electrons. The Morgan fingerprint density at radius 2 is 2.25 bits per heavy atom. The molecule has 1 aromatic rings. The van der Waals surface area contributed by atoms with Crippen LogP contribution in [0.2, 0.25) is 0 Å². The summed E-state index contributed by atoms with van der Waals surface area (Å²) in [7, 11) is 3.97. The number of nitrogens with zero attached hydrogens (tertiary/aromatic N) is 3. The van der Waals surface area contributed by atoms with Gasteiger partial charge in [0.05, 0.1) is 11.3 Å². The monoisotopic (exact) mass is 276 g/mol. The summed E-state index contributed by atoms with van der Waals surface area (Å²) in [4.78, 5) is 21.2. The van der Waals surface area contributed by atoms with E-state index >= 15 is 0 Å². The van der Waals surface area contributed by atoms with Crippen LogP contribution in [0.15, 0.2) is 12.3 Å². The Labute approximate surface area is 121 Å². The van der Waals surface area contributed by atoms with Gasteiger partial charge < -0.3 is 10.2 Å². The largest absolute Gasteiger partial charge is 0.387 e. The molecule has 0 saturated carbocycles. The summed E-state index contributed by atoms with van der Waals surface area (Å²) in [5.41, 5.74) is 2.43. The number of piperazine rings is 1. The lowest BCUT2D eigenvalue weighted by Gasteiger charge is -2.39. The maximum absolute atomic E-state index is 12.7. The van der Waals surface area contributed by atoms with Crippen LogP contribution in [0.1, 0.15) is 29.4 Å². The van der Waals surface area contributed by atoms with E-state index in [0.29, 0.717) is 11.6 Å². The molecule has 5 heteroatoms. The van der Waals surface area contributed by atoms with Crippen molar-refractivity contribution in [3.8, 4) is 0 Å². The van der Waals surface area contributed by atoms with Gasteiger partial charge in [0.25, 0.3) is 5.91 Å². The smallest absolute Gasteiger partial charge is 0.257 e. The van der Waals surface area contributed by atoms with Gasteiger partial charge in [0.15, 0.2) is 0 Å². The fourth-order valence-electron chi connectivity index (χ4n) is 2.68. The fourth-order valence-corrected chi connectivity index (χ4v) is 2.68. The van der Waals surface area contributed by atoms with Crippen LogP contribution < -0.4 is 5.32 Å². The van der Waals surface area contributed by atoms with Gasteiger partial charge in [0, 0.05) is 44.6 Å². The highest BCUT2D eigenvalue weighted by molar-refractivity contribution is 5.99. The SMILES string of the molecule is CCC1CN(C(=O)c2cnc(C)cc2NC)CCN1C. The number of carbonyl (C=O) groups excluding carboxylic acids is 1. The zero-order chi connectivity index (χ0) is 14.7. The fraction of sp³-hybridized carbons (Fsp3) is 0.600. The molecule has 0 aromatic carbocycles. The first-order valence-electron chi connectivity index (χ1n) is 7.20. The van der Waals surface area contributed by atoms with Gasteiger partial charge in [0.2, 0.25) is 0 Å². The normalized spacial score (nSPS) is 20.0. The summed E-state index contributed by atoms with van der Waals surface area (Å²) in [6, 6.07) is 2.37. The molecule has 0 spiro atoms. The van der Waals surface area contributed by atoms with E-state index in [0.717, 1.165) is 37.4 Å². The summed E-state index contributed by atoms with van der Waals surface area (Å²) in [6.07, 6.45) is 2.74. The molecule has 1 aromatic heterocycles. The van der Waals surface area contributed by atoms with E-state index in [1.807, 2.05) is 24.9 Å². The summed E-state index contributed by atoms with van der Waals surface area (Å²) in [5.74, 6) is 0.0772. The third-order valence-electron chi connectivity index (χ3n) is 4.08. The average molecular weight is 276 g/mol. The lowest BCUT2D eigenvalue weighted by molar-refractivity contribution is 0.0542. The number of amides is 1. The minimum absolute atomic E-state index is 0.0772. The van der Waals surface area contributed by atoms with E-state index in [9.17, 15) is 4.79 Å². The van der Waals surface area contributed by atoms with Crippen molar-refractivity contribution in [3.05, 3.63) is 23.5 Å². The van der Waals surface area contributed by atoms with Crippen LogP contribution in [-0.4, -0.2) is 60.5 Å². The summed E-state index contributed by atoms with van der Waals surface area (Å²) < 4.78 is 0. The number of nitrogens with one attached hydrogen (secondary N) is 1. The minimum Gasteiger partial charge on any atom is -0.387 e. The second-order valence-corrected chi connectivity index (χ2v) is 5.42. The molecule has 1 fully saturated rings. The van der Waals surface area contributed by atoms with Gasteiger partial charge in [0.1, 0.15) is 0 Å². The van der Waals surface area contributed by atoms with Crippen molar-refractivity contribution in [3.63, 3.8) is 0 Å². The molecule has 1 atom stereocenters. The van der Waals surface area contributed by atoms with Crippen molar-refractivity contribution < 1.29 is 4.79 Å². The molecule has 2 heterocycles. The van der Waals surface area contributed by atoms with Crippen molar-refractivity contribution in [1.29, 1.82) is 0 Å². The van der Waals surface area contributed by atoms with Gasteiger partial charge in [-0.2, -0.15) is 0 Å². The van der Waals surface area contributed by atoms with Crippen molar-refractivity contribution in [2.75, 3.05) is 39.0 Å². The van der Waals surface area contributed by atoms with Crippen LogP contribution in [-0.2, 0) is 0 Å². The third kappa shape index (κ3) is 2.93. The molecule has 0 radical (unpaired) electrons. The Kier molecular flexibility index (Phi) is 4.60. The van der Waals surface area contributed by atoms with Crippen molar-refractivity contribution >= 4 is 11.6 Å². The Hall–Kier alpha value is -1.62. The highest BCUT2D eigenvalue weighted by Gasteiger charge is 2.27. The Morgan fingerprint density at radius 1 is 1.50 bits per heavy atom. The molecule has 0 bridgehead atoms. The Balaban J connectivity index is 2.19. The van der Waals surface area contributed by atoms with Crippen LogP contribution in [0.4, 0.5) is 5.69 Å². The lowest BCUT2D eigenvalue weighted by Crippen LogP contribution is -2.53. The number of rotatable bonds is 3. The predicted molar refractivity (Wildman–Crippen MR) is 81.1 cm³/mol. The zero-order valence-electron chi connectivity index (χ0n) is 12.8. The molecule has 20 heavy (non-hydrogen) atoms. The zero-order valence-corrected chi connectivity index (χ0v) is 12.8. The number of hydrogen-bond donors (Lipinski definition) is 1. The maximum Gasteiger partial charge on any atom is 0.257 e. The Bertz CT molecular complexity index is 489. The van der Waals surface area contributed by atoms with E-state index in [4.69, 9.17) is 0 Å². The predicted octanol–water partition coefficient (Wildman–Crippen LogP) is 1.60. The highest BCUT2D eigenvalue weighted by Crippen LogP contribution is 2.19. The first kappa shape index (κ1) is 14.8. The van der Waals surface area contributed by atoms with Crippen LogP contribution in [0.3, 0.4) is 0 Å². The van der Waals surface area contributed by atoms with Gasteiger partial charge in [-0.05, 0) is 26.5 Å². The summed E-state index contributed by atoms with van der Waals surface area (Å²) in [5, 5.41) is 3.09. The summed E-state index contributed by atoms with van der Waals surface area (Å²) >= 11 is 0. The standard InChI is InChI=1S/C15H24N4O/c1-5-12-10-19(7-6-18(12)4)15(20)13-9-17-11(2)8-14(13)16-3/h8-9,12H,5-7,10H2,1-4H3,(H,16,17). The maximum atomic E-state index is 12.7. The number of carbonyl (C=O) groups is 1. The second kappa shape index (κ2) is 6.22. The van der Waals surface area contributed by atoms with Crippen molar-refractivity contribution in [1.82, 2.24) is 14.8 Å². The van der Waals surface area contributed by atoms with Crippen LogP contribution in [0.5, 0.6) is 0 Å². The van der Waals surface area contributed by atoms with Crippen molar-refractivity contribution in [2.24, 2.45) is 0 Å². The van der Waals surface area contributed by atoms with Crippen LogP contribution >= 0.6 is 0 Å². The molecule has 1 unspecified atom stereocenters. The number of aryl methyl sites for hydroxylation is 1. The molecule has 1 aliphatic rings. The number of hydrogen-bond acceptors (Lipinski definition) is 4. The van der Waals surface area contributed by atoms with Gasteiger partial charge >= 0.3 is 0 Å². The molecule has 2 rings (SSSR count). The number of anilines is 1. The van der Waals surface area contributed by atoms with Gasteiger partial charge in [-0.15, -0.1) is 0 Å². The highest BCUT2D eigenvalue weighted by atomic mass is 16.2. The number of likely N-dealkylation sites (N-methyl/N-ethyl adjacent to an activating group) is 1. The molecular formula is C15H24N4O. The molecule has 1 N–H and O–H groups in total. The molecule has 0 aliphatic carbocycles. The third-order valence-corrected chi connectivity index (χ3v) is 4.08. The minimum atomic E-state index is 0.0772. The first-order chi connectivity index (χ1) is 9.56. The Morgan fingerprint density at radius 3 is 2.90 bits per heavy atom. The first-order valence-corrected chi connectivity index (χ1v) is 7.20. The average Bonchev–Trinajstić information content (AvgIpc) is 2.46. The van der Waals surface area contributed by atoms with Gasteiger partial charge in [-0.3, -0.25) is 14.7 Å². The molecule has 5 nitrogen and oxygen atoms in total.